The molecule has 0 spiro atoms. The Balaban J connectivity index is 2.25. The molecule has 1 N–H and O–H groups in total. The van der Waals surface area contributed by atoms with E-state index >= 15 is 0 Å². The average molecular weight is 272 g/mol. The van der Waals surface area contributed by atoms with Crippen LogP contribution in [0.25, 0.3) is 0 Å². The Kier molecular flexibility index (Phi) is 4.29. The third kappa shape index (κ3) is 2.93. The van der Waals surface area contributed by atoms with E-state index in [-0.39, 0.29) is 0 Å². The Labute approximate surface area is 121 Å². The zero-order valence-electron chi connectivity index (χ0n) is 13.1. The molecule has 1 atom stereocenters. The second-order valence-electron chi connectivity index (χ2n) is 5.62. The molecule has 0 saturated heterocycles. The lowest BCUT2D eigenvalue weighted by Crippen LogP contribution is -2.12. The monoisotopic (exact) mass is 272 g/mol. The predicted octanol–water partition coefficient (Wildman–Crippen LogP) is 3.41. The number of nitrogens with zero attached hydrogens (tertiary/aromatic N) is 2. The molecule has 1 unspecified atom stereocenters. The van der Waals surface area contributed by atoms with Gasteiger partial charge in [0, 0.05) is 5.69 Å². The van der Waals surface area contributed by atoms with Crippen LogP contribution in [0.3, 0.4) is 0 Å². The fourth-order valence-corrected chi connectivity index (χ4v) is 2.89. The molecule has 0 bridgehead atoms. The zero-order valence-corrected chi connectivity index (χ0v) is 13.1. The van der Waals surface area contributed by atoms with Crippen LogP contribution in [-0.4, -0.2) is 14.9 Å². The summed E-state index contributed by atoms with van der Waals surface area (Å²) in [6, 6.07) is 6.21. The van der Waals surface area contributed by atoms with Gasteiger partial charge in [-0.3, -0.25) is 4.68 Å². The molecule has 0 amide bonds. The Hall–Kier alpha value is -1.61. The van der Waals surface area contributed by atoms with Crippen molar-refractivity contribution in [1.29, 1.82) is 0 Å². The van der Waals surface area contributed by atoms with Gasteiger partial charge < -0.3 is 5.11 Å². The van der Waals surface area contributed by atoms with Gasteiger partial charge in [-0.1, -0.05) is 36.2 Å². The van der Waals surface area contributed by atoms with E-state index in [1.165, 1.54) is 16.7 Å². The molecule has 2 rings (SSSR count). The number of aliphatic hydroxyl groups is 1. The highest BCUT2D eigenvalue weighted by molar-refractivity contribution is 5.30. The van der Waals surface area contributed by atoms with E-state index in [4.69, 9.17) is 0 Å². The minimum Gasteiger partial charge on any atom is -0.386 e. The van der Waals surface area contributed by atoms with Gasteiger partial charge in [-0.15, -0.1) is 0 Å². The van der Waals surface area contributed by atoms with Crippen molar-refractivity contribution in [3.8, 4) is 0 Å². The maximum atomic E-state index is 10.5. The van der Waals surface area contributed by atoms with Crippen molar-refractivity contribution >= 4 is 0 Å². The highest BCUT2D eigenvalue weighted by Crippen LogP contribution is 2.21. The van der Waals surface area contributed by atoms with Crippen molar-refractivity contribution in [1.82, 2.24) is 9.78 Å². The quantitative estimate of drug-likeness (QED) is 0.926. The summed E-state index contributed by atoms with van der Waals surface area (Å²) < 4.78 is 1.93. The molecule has 1 aromatic carbocycles. The molecule has 0 aliphatic carbocycles. The van der Waals surface area contributed by atoms with E-state index in [1.807, 2.05) is 23.7 Å². The molecule has 3 heteroatoms. The Morgan fingerprint density at radius 3 is 2.20 bits per heavy atom. The first kappa shape index (κ1) is 14.8. The van der Waals surface area contributed by atoms with E-state index in [0.29, 0.717) is 6.54 Å². The van der Waals surface area contributed by atoms with Crippen molar-refractivity contribution in [3.05, 3.63) is 51.8 Å². The largest absolute Gasteiger partial charge is 0.386 e. The Morgan fingerprint density at radius 1 is 1.10 bits per heavy atom. The van der Waals surface area contributed by atoms with E-state index < -0.39 is 6.10 Å². The van der Waals surface area contributed by atoms with Crippen LogP contribution < -0.4 is 0 Å². The topological polar surface area (TPSA) is 38.0 Å². The lowest BCUT2D eigenvalue weighted by atomic mass is 10.0. The van der Waals surface area contributed by atoms with Crippen LogP contribution in [0.5, 0.6) is 0 Å². The molecule has 3 nitrogen and oxygen atoms in total. The van der Waals surface area contributed by atoms with E-state index in [0.717, 1.165) is 23.4 Å². The zero-order chi connectivity index (χ0) is 14.9. The van der Waals surface area contributed by atoms with Gasteiger partial charge in [-0.05, 0) is 45.2 Å². The van der Waals surface area contributed by atoms with Crippen LogP contribution in [0.1, 0.15) is 46.7 Å². The van der Waals surface area contributed by atoms with Gasteiger partial charge in [0.25, 0.3) is 0 Å². The Morgan fingerprint density at radius 2 is 1.70 bits per heavy atom. The number of benzene rings is 1. The van der Waals surface area contributed by atoms with Gasteiger partial charge in [0.2, 0.25) is 0 Å². The maximum Gasteiger partial charge on any atom is 0.0986 e. The molecule has 0 aliphatic rings. The lowest BCUT2D eigenvalue weighted by molar-refractivity contribution is 0.150. The average Bonchev–Trinajstić information content (AvgIpc) is 2.62. The van der Waals surface area contributed by atoms with Crippen LogP contribution in [0, 0.1) is 27.7 Å². The molecule has 0 fully saturated rings. The first-order valence-electron chi connectivity index (χ1n) is 7.21. The second-order valence-corrected chi connectivity index (χ2v) is 5.62. The van der Waals surface area contributed by atoms with Gasteiger partial charge in [-0.25, -0.2) is 0 Å². The molecule has 0 saturated carbocycles. The highest BCUT2D eigenvalue weighted by atomic mass is 16.3. The molecule has 0 aliphatic heterocycles. The minimum atomic E-state index is -0.517. The maximum absolute atomic E-state index is 10.5. The second kappa shape index (κ2) is 5.80. The Bertz CT molecular complexity index is 593. The number of rotatable bonds is 4. The SMILES string of the molecule is CCc1c(C)nn(CC(O)c2cc(C)cc(C)c2)c1C. The summed E-state index contributed by atoms with van der Waals surface area (Å²) >= 11 is 0. The molecule has 20 heavy (non-hydrogen) atoms. The van der Waals surface area contributed by atoms with E-state index in [1.54, 1.807) is 0 Å². The van der Waals surface area contributed by atoms with Crippen LogP contribution >= 0.6 is 0 Å². The number of hydrogen-bond acceptors (Lipinski definition) is 2. The summed E-state index contributed by atoms with van der Waals surface area (Å²) in [6.07, 6.45) is 0.466. The van der Waals surface area contributed by atoms with Crippen molar-refractivity contribution < 1.29 is 5.11 Å². The fourth-order valence-electron chi connectivity index (χ4n) is 2.89. The summed E-state index contributed by atoms with van der Waals surface area (Å²) in [6.45, 7) is 10.9. The van der Waals surface area contributed by atoms with Crippen molar-refractivity contribution in [2.24, 2.45) is 0 Å². The van der Waals surface area contributed by atoms with Crippen molar-refractivity contribution in [2.75, 3.05) is 0 Å². The summed E-state index contributed by atoms with van der Waals surface area (Å²) in [4.78, 5) is 0. The highest BCUT2D eigenvalue weighted by Gasteiger charge is 2.14. The van der Waals surface area contributed by atoms with Crippen LogP contribution in [-0.2, 0) is 13.0 Å². The van der Waals surface area contributed by atoms with Crippen LogP contribution in [0.15, 0.2) is 18.2 Å². The smallest absolute Gasteiger partial charge is 0.0986 e. The first-order valence-corrected chi connectivity index (χ1v) is 7.21. The van der Waals surface area contributed by atoms with Gasteiger partial charge in [0.05, 0.1) is 18.3 Å². The number of hydrogen-bond donors (Lipinski definition) is 1. The molecule has 1 aromatic heterocycles. The van der Waals surface area contributed by atoms with Gasteiger partial charge in [-0.2, -0.15) is 5.10 Å². The summed E-state index contributed by atoms with van der Waals surface area (Å²) in [5.41, 5.74) is 6.85. The normalized spacial score (nSPS) is 12.7. The minimum absolute atomic E-state index is 0.509. The van der Waals surface area contributed by atoms with Crippen molar-refractivity contribution in [2.45, 2.75) is 53.7 Å². The number of aliphatic hydroxyl groups excluding tert-OH is 1. The summed E-state index contributed by atoms with van der Waals surface area (Å²) in [7, 11) is 0. The third-order valence-corrected chi connectivity index (χ3v) is 3.86. The molecule has 1 heterocycles. The van der Waals surface area contributed by atoms with Gasteiger partial charge in [0.1, 0.15) is 0 Å². The predicted molar refractivity (Wildman–Crippen MR) is 82.0 cm³/mol. The van der Waals surface area contributed by atoms with Gasteiger partial charge >= 0.3 is 0 Å². The van der Waals surface area contributed by atoms with Crippen LogP contribution in [0.4, 0.5) is 0 Å². The third-order valence-electron chi connectivity index (χ3n) is 3.86. The summed E-state index contributed by atoms with van der Waals surface area (Å²) in [5.74, 6) is 0. The molecule has 0 radical (unpaired) electrons. The molecule has 108 valence electrons. The molecule has 2 aromatic rings. The molecular weight excluding hydrogens is 248 g/mol. The standard InChI is InChI=1S/C17H24N2O/c1-6-16-13(4)18-19(14(16)5)10-17(20)15-8-11(2)7-12(3)9-15/h7-9,17,20H,6,10H2,1-5H3. The fraction of sp³-hybridized carbons (Fsp3) is 0.471. The molecular formula is C17H24N2O. The van der Waals surface area contributed by atoms with Crippen molar-refractivity contribution in [3.63, 3.8) is 0 Å². The number of aryl methyl sites for hydroxylation is 3. The number of aromatic nitrogens is 2. The van der Waals surface area contributed by atoms with Gasteiger partial charge in [0.15, 0.2) is 0 Å². The van der Waals surface area contributed by atoms with E-state index in [2.05, 4.69) is 38.9 Å². The summed E-state index contributed by atoms with van der Waals surface area (Å²) in [5, 5.41) is 15.0. The van der Waals surface area contributed by atoms with Crippen LogP contribution in [0.2, 0.25) is 0 Å². The lowest BCUT2D eigenvalue weighted by Gasteiger charge is -2.14. The first-order chi connectivity index (χ1) is 9.42. The van der Waals surface area contributed by atoms with E-state index in [9.17, 15) is 5.11 Å².